The van der Waals surface area contributed by atoms with Crippen LogP contribution in [0.5, 0.6) is 0 Å². The molecule has 2 aromatic rings. The largest absolute Gasteiger partial charge is 0.452 e. The Bertz CT molecular complexity index is 840. The smallest absolute Gasteiger partial charge is 0.338 e. The van der Waals surface area contributed by atoms with Gasteiger partial charge < -0.3 is 10.1 Å². The molecule has 0 heterocycles. The number of nitro groups is 1. The predicted octanol–water partition coefficient (Wildman–Crippen LogP) is 3.94. The number of carbonyl (C=O) groups is 2. The summed E-state index contributed by atoms with van der Waals surface area (Å²) >= 11 is 11.8. The van der Waals surface area contributed by atoms with E-state index in [1.165, 1.54) is 24.3 Å². The third kappa shape index (κ3) is 5.18. The van der Waals surface area contributed by atoms with E-state index >= 15 is 0 Å². The van der Waals surface area contributed by atoms with Crippen molar-refractivity contribution >= 4 is 40.8 Å². The molecular weight excluding hydrogens is 383 g/mol. The van der Waals surface area contributed by atoms with Crippen LogP contribution in [0.4, 0.5) is 5.69 Å². The standard InChI is InChI=1S/C17H14Cl2N2O5/c1-10(12-4-7-14(18)15(19)8-12)20-16(22)9-26-17(23)11-2-5-13(6-3-11)21(24)25/h2-8,10H,9H2,1H3,(H,20,22)/t10-/m0/s1. The van der Waals surface area contributed by atoms with E-state index in [9.17, 15) is 19.7 Å². The summed E-state index contributed by atoms with van der Waals surface area (Å²) in [4.78, 5) is 33.8. The monoisotopic (exact) mass is 396 g/mol. The summed E-state index contributed by atoms with van der Waals surface area (Å²) in [5.74, 6) is -1.25. The van der Waals surface area contributed by atoms with Crippen molar-refractivity contribution in [2.75, 3.05) is 6.61 Å². The average molecular weight is 397 g/mol. The van der Waals surface area contributed by atoms with E-state index in [2.05, 4.69) is 5.32 Å². The zero-order valence-electron chi connectivity index (χ0n) is 13.6. The molecule has 0 bridgehead atoms. The number of halogens is 2. The third-order valence-corrected chi connectivity index (χ3v) is 4.21. The number of rotatable bonds is 6. The number of hydrogen-bond donors (Lipinski definition) is 1. The molecular formula is C17H14Cl2N2O5. The molecule has 0 radical (unpaired) electrons. The molecule has 2 rings (SSSR count). The number of nitro benzene ring substituents is 1. The van der Waals surface area contributed by atoms with Crippen molar-refractivity contribution in [1.29, 1.82) is 0 Å². The zero-order valence-corrected chi connectivity index (χ0v) is 15.1. The lowest BCUT2D eigenvalue weighted by Crippen LogP contribution is -2.31. The van der Waals surface area contributed by atoms with Crippen molar-refractivity contribution in [1.82, 2.24) is 5.32 Å². The molecule has 2 aromatic carbocycles. The van der Waals surface area contributed by atoms with Crippen LogP contribution in [0, 0.1) is 10.1 Å². The van der Waals surface area contributed by atoms with E-state index in [4.69, 9.17) is 27.9 Å². The third-order valence-electron chi connectivity index (χ3n) is 3.47. The minimum Gasteiger partial charge on any atom is -0.452 e. The lowest BCUT2D eigenvalue weighted by atomic mass is 10.1. The lowest BCUT2D eigenvalue weighted by Gasteiger charge is -2.15. The summed E-state index contributed by atoms with van der Waals surface area (Å²) in [5.41, 5.74) is 0.713. The highest BCUT2D eigenvalue weighted by atomic mass is 35.5. The molecule has 0 saturated carbocycles. The molecule has 0 aliphatic heterocycles. The van der Waals surface area contributed by atoms with Gasteiger partial charge in [0.15, 0.2) is 6.61 Å². The quantitative estimate of drug-likeness (QED) is 0.452. The first kappa shape index (κ1) is 19.7. The summed E-state index contributed by atoms with van der Waals surface area (Å²) in [5, 5.41) is 14.0. The Hall–Kier alpha value is -2.64. The van der Waals surface area contributed by atoms with Gasteiger partial charge in [-0.1, -0.05) is 29.3 Å². The fraction of sp³-hybridized carbons (Fsp3) is 0.176. The van der Waals surface area contributed by atoms with Crippen molar-refractivity contribution in [3.05, 3.63) is 73.8 Å². The molecule has 0 aliphatic rings. The fourth-order valence-electron chi connectivity index (χ4n) is 2.08. The Labute approximate surface area is 159 Å². The maximum absolute atomic E-state index is 11.9. The topological polar surface area (TPSA) is 98.5 Å². The van der Waals surface area contributed by atoms with E-state index in [1.54, 1.807) is 25.1 Å². The number of carbonyl (C=O) groups excluding carboxylic acids is 2. The minimum atomic E-state index is -0.753. The number of benzene rings is 2. The first-order chi connectivity index (χ1) is 12.3. The Morgan fingerprint density at radius 3 is 2.38 bits per heavy atom. The first-order valence-electron chi connectivity index (χ1n) is 7.44. The van der Waals surface area contributed by atoms with Crippen LogP contribution in [-0.4, -0.2) is 23.4 Å². The summed E-state index contributed by atoms with van der Waals surface area (Å²) in [6.07, 6.45) is 0. The molecule has 0 saturated heterocycles. The average Bonchev–Trinajstić information content (AvgIpc) is 2.62. The number of non-ortho nitro benzene ring substituents is 1. The highest BCUT2D eigenvalue weighted by molar-refractivity contribution is 6.42. The molecule has 0 aromatic heterocycles. The normalized spacial score (nSPS) is 11.5. The van der Waals surface area contributed by atoms with E-state index in [1.807, 2.05) is 0 Å². The van der Waals surface area contributed by atoms with E-state index < -0.39 is 23.4 Å². The number of ether oxygens (including phenoxy) is 1. The second kappa shape index (κ2) is 8.64. The Morgan fingerprint density at radius 1 is 1.15 bits per heavy atom. The summed E-state index contributed by atoms with van der Waals surface area (Å²) < 4.78 is 4.90. The van der Waals surface area contributed by atoms with Crippen molar-refractivity contribution in [3.8, 4) is 0 Å². The second-order valence-electron chi connectivity index (χ2n) is 5.34. The van der Waals surface area contributed by atoms with Gasteiger partial charge in [0.1, 0.15) is 0 Å². The van der Waals surface area contributed by atoms with Gasteiger partial charge in [-0.3, -0.25) is 14.9 Å². The van der Waals surface area contributed by atoms with Crippen LogP contribution in [0.1, 0.15) is 28.9 Å². The molecule has 1 amide bonds. The van der Waals surface area contributed by atoms with Crippen molar-refractivity contribution in [2.24, 2.45) is 0 Å². The maximum Gasteiger partial charge on any atom is 0.338 e. The molecule has 0 unspecified atom stereocenters. The fourth-order valence-corrected chi connectivity index (χ4v) is 2.39. The van der Waals surface area contributed by atoms with E-state index in [0.717, 1.165) is 5.56 Å². The molecule has 26 heavy (non-hydrogen) atoms. The van der Waals surface area contributed by atoms with Gasteiger partial charge >= 0.3 is 5.97 Å². The Balaban J connectivity index is 1.88. The van der Waals surface area contributed by atoms with Gasteiger partial charge in [-0.05, 0) is 36.8 Å². The van der Waals surface area contributed by atoms with Crippen LogP contribution in [0.25, 0.3) is 0 Å². The highest BCUT2D eigenvalue weighted by Gasteiger charge is 2.15. The number of amides is 1. The van der Waals surface area contributed by atoms with Gasteiger partial charge in [-0.25, -0.2) is 4.79 Å². The number of hydrogen-bond acceptors (Lipinski definition) is 5. The molecule has 1 N–H and O–H groups in total. The van der Waals surface area contributed by atoms with Gasteiger partial charge in [-0.2, -0.15) is 0 Å². The van der Waals surface area contributed by atoms with Crippen LogP contribution < -0.4 is 5.32 Å². The predicted molar refractivity (Wildman–Crippen MR) is 96.4 cm³/mol. The zero-order chi connectivity index (χ0) is 19.3. The summed E-state index contributed by atoms with van der Waals surface area (Å²) in [6.45, 7) is 1.26. The molecule has 1 atom stereocenters. The molecule has 9 heteroatoms. The van der Waals surface area contributed by atoms with Gasteiger partial charge in [-0.15, -0.1) is 0 Å². The summed E-state index contributed by atoms with van der Waals surface area (Å²) in [7, 11) is 0. The minimum absolute atomic E-state index is 0.112. The van der Waals surface area contributed by atoms with Crippen LogP contribution in [0.15, 0.2) is 42.5 Å². The maximum atomic E-state index is 11.9. The first-order valence-corrected chi connectivity index (χ1v) is 8.19. The van der Waals surface area contributed by atoms with Crippen molar-refractivity contribution in [3.63, 3.8) is 0 Å². The van der Waals surface area contributed by atoms with E-state index in [0.29, 0.717) is 10.0 Å². The summed E-state index contributed by atoms with van der Waals surface area (Å²) in [6, 6.07) is 9.51. The van der Waals surface area contributed by atoms with Crippen LogP contribution in [-0.2, 0) is 9.53 Å². The number of esters is 1. The molecule has 136 valence electrons. The Kier molecular flexibility index (Phi) is 6.54. The number of nitrogens with one attached hydrogen (secondary N) is 1. The van der Waals surface area contributed by atoms with Crippen LogP contribution in [0.3, 0.4) is 0 Å². The van der Waals surface area contributed by atoms with Crippen molar-refractivity contribution < 1.29 is 19.2 Å². The highest BCUT2D eigenvalue weighted by Crippen LogP contribution is 2.25. The molecule has 0 aliphatic carbocycles. The second-order valence-corrected chi connectivity index (χ2v) is 6.16. The van der Waals surface area contributed by atoms with Crippen LogP contribution >= 0.6 is 23.2 Å². The van der Waals surface area contributed by atoms with Crippen molar-refractivity contribution in [2.45, 2.75) is 13.0 Å². The Morgan fingerprint density at radius 2 is 1.81 bits per heavy atom. The molecule has 7 nitrogen and oxygen atoms in total. The van der Waals surface area contributed by atoms with Crippen LogP contribution in [0.2, 0.25) is 10.0 Å². The lowest BCUT2D eigenvalue weighted by molar-refractivity contribution is -0.384. The molecule has 0 spiro atoms. The van der Waals surface area contributed by atoms with Gasteiger partial charge in [0, 0.05) is 12.1 Å². The molecule has 0 fully saturated rings. The van der Waals surface area contributed by atoms with Gasteiger partial charge in [0.2, 0.25) is 0 Å². The van der Waals surface area contributed by atoms with Gasteiger partial charge in [0.05, 0.1) is 26.6 Å². The number of nitrogens with zero attached hydrogens (tertiary/aromatic N) is 1. The SMILES string of the molecule is C[C@H](NC(=O)COC(=O)c1ccc([N+](=O)[O-])cc1)c1ccc(Cl)c(Cl)c1. The van der Waals surface area contributed by atoms with E-state index in [-0.39, 0.29) is 17.3 Å². The van der Waals surface area contributed by atoms with Gasteiger partial charge in [0.25, 0.3) is 11.6 Å².